The van der Waals surface area contributed by atoms with Crippen LogP contribution in [0.3, 0.4) is 0 Å². The van der Waals surface area contributed by atoms with Gasteiger partial charge in [-0.15, -0.1) is 0 Å². The Morgan fingerprint density at radius 1 is 0.929 bits per heavy atom. The Bertz CT molecular complexity index is 1410. The zero-order chi connectivity index (χ0) is 29.5. The number of hydrogen-bond donors (Lipinski definition) is 1. The van der Waals surface area contributed by atoms with Crippen LogP contribution >= 0.6 is 0 Å². The minimum Gasteiger partial charge on any atom is -0.485 e. The van der Waals surface area contributed by atoms with Gasteiger partial charge in [-0.1, -0.05) is 109 Å². The fourth-order valence-corrected chi connectivity index (χ4v) is 6.56. The Labute approximate surface area is 254 Å². The van der Waals surface area contributed by atoms with Crippen molar-refractivity contribution in [2.24, 2.45) is 17.8 Å². The summed E-state index contributed by atoms with van der Waals surface area (Å²) in [5.41, 5.74) is 10.1. The zero-order valence-electron chi connectivity index (χ0n) is 25.6. The van der Waals surface area contributed by atoms with Crippen molar-refractivity contribution in [3.63, 3.8) is 0 Å². The van der Waals surface area contributed by atoms with Gasteiger partial charge in [0.25, 0.3) is 0 Å². The smallest absolute Gasteiger partial charge is 0.127 e. The second-order valence-electron chi connectivity index (χ2n) is 12.0. The molecule has 0 aromatic heterocycles. The van der Waals surface area contributed by atoms with Crippen molar-refractivity contribution in [2.45, 2.75) is 71.3 Å². The fourth-order valence-electron chi connectivity index (χ4n) is 6.56. The van der Waals surface area contributed by atoms with Crippen LogP contribution in [0.25, 0.3) is 0 Å². The van der Waals surface area contributed by atoms with Crippen molar-refractivity contribution in [1.82, 2.24) is 5.32 Å². The van der Waals surface area contributed by atoms with Gasteiger partial charge in [0, 0.05) is 29.1 Å². The van der Waals surface area contributed by atoms with E-state index in [1.54, 1.807) is 0 Å². The number of ether oxygens (including phenoxy) is 1. The zero-order valence-corrected chi connectivity index (χ0v) is 25.6. The molecule has 0 amide bonds. The molecule has 0 fully saturated rings. The quantitative estimate of drug-likeness (QED) is 0.241. The van der Waals surface area contributed by atoms with E-state index in [9.17, 15) is 0 Å². The van der Waals surface area contributed by atoms with Crippen molar-refractivity contribution in [1.29, 1.82) is 0 Å². The highest BCUT2D eigenvalue weighted by Crippen LogP contribution is 2.47. The standard InChI is InChI=1S/C40H47NO/c1-6-12-31(7-2)20-18-29(4)28(3)17-19-30(5)41-35-24-21-32(22-25-35)34-23-26-39-38(27-34)37-16-11-15-36(40(37)42-39)33-13-9-8-10-14-33/h6-10,12-13,15,21,23-27,32-33,38-39,41H,3-5,11,14,16-20,22H2,1-2H3/b12-6-,31-7+. The summed E-state index contributed by atoms with van der Waals surface area (Å²) in [5.74, 6) is 2.37. The summed E-state index contributed by atoms with van der Waals surface area (Å²) < 4.78 is 6.58. The second-order valence-corrected chi connectivity index (χ2v) is 12.0. The van der Waals surface area contributed by atoms with Crippen LogP contribution in [-0.4, -0.2) is 6.10 Å². The van der Waals surface area contributed by atoms with E-state index >= 15 is 0 Å². The summed E-state index contributed by atoms with van der Waals surface area (Å²) >= 11 is 0. The van der Waals surface area contributed by atoms with Gasteiger partial charge in [0.1, 0.15) is 11.9 Å². The number of nitrogens with one attached hydrogen (secondary N) is 1. The van der Waals surface area contributed by atoms with Gasteiger partial charge in [0.15, 0.2) is 0 Å². The van der Waals surface area contributed by atoms with Crippen LogP contribution in [0.15, 0.2) is 155 Å². The van der Waals surface area contributed by atoms with Crippen LogP contribution in [0.5, 0.6) is 0 Å². The molecule has 42 heavy (non-hydrogen) atoms. The number of allylic oxidation sites excluding steroid dienone is 18. The molecule has 0 aromatic rings. The van der Waals surface area contributed by atoms with Crippen molar-refractivity contribution in [3.8, 4) is 0 Å². The fraction of sp³-hybridized carbons (Fsp3) is 0.350. The Kier molecular flexibility index (Phi) is 9.85. The lowest BCUT2D eigenvalue weighted by Crippen LogP contribution is -2.20. The first kappa shape index (κ1) is 29.7. The van der Waals surface area contributed by atoms with Gasteiger partial charge in [-0.3, -0.25) is 0 Å². The predicted octanol–water partition coefficient (Wildman–Crippen LogP) is 10.4. The molecule has 218 valence electrons. The predicted molar refractivity (Wildman–Crippen MR) is 179 cm³/mol. The highest BCUT2D eigenvalue weighted by molar-refractivity contribution is 5.48. The summed E-state index contributed by atoms with van der Waals surface area (Å²) in [4.78, 5) is 0. The maximum Gasteiger partial charge on any atom is 0.127 e. The molecular weight excluding hydrogens is 510 g/mol. The lowest BCUT2D eigenvalue weighted by atomic mass is 9.78. The minimum atomic E-state index is 0.135. The van der Waals surface area contributed by atoms with E-state index in [-0.39, 0.29) is 6.10 Å². The molecule has 4 aliphatic carbocycles. The van der Waals surface area contributed by atoms with Gasteiger partial charge in [-0.05, 0) is 94.1 Å². The molecule has 0 saturated heterocycles. The molecular formula is C40H47NO. The van der Waals surface area contributed by atoms with E-state index in [0.717, 1.165) is 73.9 Å². The molecule has 1 heterocycles. The van der Waals surface area contributed by atoms with Crippen LogP contribution in [0, 0.1) is 17.8 Å². The van der Waals surface area contributed by atoms with E-state index in [1.165, 1.54) is 28.1 Å². The van der Waals surface area contributed by atoms with Crippen molar-refractivity contribution in [3.05, 3.63) is 155 Å². The second kappa shape index (κ2) is 13.9. The molecule has 0 bridgehead atoms. The van der Waals surface area contributed by atoms with E-state index in [1.807, 2.05) is 0 Å². The molecule has 0 saturated carbocycles. The molecule has 2 nitrogen and oxygen atoms in total. The minimum absolute atomic E-state index is 0.135. The molecule has 4 unspecified atom stereocenters. The van der Waals surface area contributed by atoms with E-state index in [2.05, 4.69) is 124 Å². The molecule has 5 aliphatic rings. The first-order chi connectivity index (χ1) is 20.5. The van der Waals surface area contributed by atoms with Crippen LogP contribution in [0.4, 0.5) is 0 Å². The molecule has 2 heteroatoms. The van der Waals surface area contributed by atoms with Gasteiger partial charge in [0.2, 0.25) is 0 Å². The highest BCUT2D eigenvalue weighted by atomic mass is 16.5. The topological polar surface area (TPSA) is 21.3 Å². The molecule has 1 N–H and O–H groups in total. The summed E-state index contributed by atoms with van der Waals surface area (Å²) in [6.45, 7) is 17.0. The monoisotopic (exact) mass is 557 g/mol. The summed E-state index contributed by atoms with van der Waals surface area (Å²) in [6, 6.07) is 0. The highest BCUT2D eigenvalue weighted by Gasteiger charge is 2.39. The maximum absolute atomic E-state index is 6.58. The molecule has 1 aliphatic heterocycles. The summed E-state index contributed by atoms with van der Waals surface area (Å²) in [5, 5.41) is 3.53. The molecule has 5 rings (SSSR count). The Morgan fingerprint density at radius 2 is 1.76 bits per heavy atom. The SMILES string of the molecule is C=C(CCC(=C)C(=C)CCC(/C=C\C)=C/C)NC1=CCC(C2=CC3C4=C(OC3C=C2)C(C2C=CC=CC2)=CCC4)C=C1. The summed E-state index contributed by atoms with van der Waals surface area (Å²) in [7, 11) is 0. The lowest BCUT2D eigenvalue weighted by molar-refractivity contribution is 0.167. The van der Waals surface area contributed by atoms with Gasteiger partial charge in [-0.25, -0.2) is 0 Å². The molecule has 4 atom stereocenters. The van der Waals surface area contributed by atoms with Crippen molar-refractivity contribution < 1.29 is 4.74 Å². The van der Waals surface area contributed by atoms with E-state index < -0.39 is 0 Å². The summed E-state index contributed by atoms with van der Waals surface area (Å²) in [6.07, 6.45) is 39.8. The van der Waals surface area contributed by atoms with Gasteiger partial charge >= 0.3 is 0 Å². The largest absolute Gasteiger partial charge is 0.485 e. The third kappa shape index (κ3) is 6.98. The first-order valence-corrected chi connectivity index (χ1v) is 15.8. The Balaban J connectivity index is 1.11. The number of hydrogen-bond acceptors (Lipinski definition) is 2. The van der Waals surface area contributed by atoms with Gasteiger partial charge < -0.3 is 10.1 Å². The number of fused-ring (bicyclic) bond motifs is 2. The third-order valence-electron chi connectivity index (χ3n) is 9.12. The van der Waals surface area contributed by atoms with Crippen LogP contribution in [-0.2, 0) is 4.74 Å². The molecule has 0 aromatic carbocycles. The Hall–Kier alpha value is -3.78. The third-order valence-corrected chi connectivity index (χ3v) is 9.12. The normalized spacial score (nSPS) is 26.3. The maximum atomic E-state index is 6.58. The van der Waals surface area contributed by atoms with E-state index in [4.69, 9.17) is 4.74 Å². The van der Waals surface area contributed by atoms with Gasteiger partial charge in [-0.2, -0.15) is 0 Å². The Morgan fingerprint density at radius 3 is 2.48 bits per heavy atom. The van der Waals surface area contributed by atoms with Crippen LogP contribution in [0.1, 0.15) is 65.2 Å². The van der Waals surface area contributed by atoms with Crippen LogP contribution in [0.2, 0.25) is 0 Å². The lowest BCUT2D eigenvalue weighted by Gasteiger charge is -2.25. The molecule has 0 radical (unpaired) electrons. The van der Waals surface area contributed by atoms with E-state index in [0.29, 0.717) is 17.8 Å². The number of rotatable bonds is 12. The van der Waals surface area contributed by atoms with Gasteiger partial charge in [0.05, 0.1) is 0 Å². The first-order valence-electron chi connectivity index (χ1n) is 15.8. The van der Waals surface area contributed by atoms with Crippen molar-refractivity contribution >= 4 is 0 Å². The average molecular weight is 558 g/mol. The molecule has 0 spiro atoms. The van der Waals surface area contributed by atoms with Crippen molar-refractivity contribution in [2.75, 3.05) is 0 Å². The van der Waals surface area contributed by atoms with Crippen LogP contribution < -0.4 is 5.32 Å². The average Bonchev–Trinajstić information content (AvgIpc) is 3.40.